The first kappa shape index (κ1) is 23.1. The van der Waals surface area contributed by atoms with Crippen LogP contribution in [0.25, 0.3) is 0 Å². The van der Waals surface area contributed by atoms with Crippen LogP contribution in [0.1, 0.15) is 0 Å². The number of sulfonamides is 1. The molecular weight excluding hydrogens is 474 g/mol. The van der Waals surface area contributed by atoms with E-state index in [2.05, 4.69) is 10.0 Å². The van der Waals surface area contributed by atoms with E-state index >= 15 is 0 Å². The topological polar surface area (TPSA) is 137 Å². The zero-order valence-corrected chi connectivity index (χ0v) is 19.2. The Labute approximate surface area is 201 Å². The summed E-state index contributed by atoms with van der Waals surface area (Å²) in [5.74, 6) is 1.23. The Morgan fingerprint density at radius 3 is 2.26 bits per heavy atom. The summed E-state index contributed by atoms with van der Waals surface area (Å²) in [6.07, 6.45) is -2.43. The molecule has 35 heavy (non-hydrogen) atoms. The van der Waals surface area contributed by atoms with Gasteiger partial charge in [-0.3, -0.25) is 5.32 Å². The maximum atomic E-state index is 13.1. The number of carboxylic acid groups (broad SMARTS) is 1. The van der Waals surface area contributed by atoms with E-state index in [9.17, 15) is 18.3 Å². The number of para-hydroxylation sites is 4. The van der Waals surface area contributed by atoms with Crippen LogP contribution in [0.2, 0.25) is 0 Å². The highest BCUT2D eigenvalue weighted by Gasteiger charge is 2.41. The number of aliphatic hydroxyl groups excluding tert-OH is 1. The highest BCUT2D eigenvalue weighted by Crippen LogP contribution is 2.48. The quantitative estimate of drug-likeness (QED) is 0.422. The van der Waals surface area contributed by atoms with Gasteiger partial charge in [0.1, 0.15) is 0 Å². The predicted octanol–water partition coefficient (Wildman–Crippen LogP) is 3.13. The van der Waals surface area contributed by atoms with Crippen molar-refractivity contribution >= 4 is 33.2 Å². The number of anilines is 3. The number of amides is 1. The summed E-state index contributed by atoms with van der Waals surface area (Å²) in [5, 5.41) is 22.4. The average Bonchev–Trinajstić information content (AvgIpc) is 2.84. The lowest BCUT2D eigenvalue weighted by Gasteiger charge is -2.44. The molecule has 11 heteroatoms. The van der Waals surface area contributed by atoms with E-state index in [0.717, 1.165) is 11.4 Å². The lowest BCUT2D eigenvalue weighted by atomic mass is 9.98. The minimum absolute atomic E-state index is 0.0302. The fourth-order valence-electron chi connectivity index (χ4n) is 4.33. The summed E-state index contributed by atoms with van der Waals surface area (Å²) >= 11 is 0. The van der Waals surface area contributed by atoms with Crippen molar-refractivity contribution in [3.63, 3.8) is 0 Å². The summed E-state index contributed by atoms with van der Waals surface area (Å²) in [7, 11) is -4.09. The Kier molecular flexibility index (Phi) is 6.07. The Bertz CT molecular complexity index is 1320. The molecule has 2 aliphatic heterocycles. The highest BCUT2D eigenvalue weighted by molar-refractivity contribution is 7.89. The molecule has 0 aromatic heterocycles. The summed E-state index contributed by atoms with van der Waals surface area (Å²) < 4.78 is 40.4. The third-order valence-corrected chi connectivity index (χ3v) is 7.38. The SMILES string of the molecule is O=C(O)Nc1cccc(S(=O)(=O)NC2COCC(N3c4ccccc4Oc4ccccc43)C2O)c1. The molecular formula is C24H23N3O7S. The molecule has 3 aromatic rings. The summed E-state index contributed by atoms with van der Waals surface area (Å²) in [5.41, 5.74) is 1.57. The molecule has 0 aliphatic carbocycles. The van der Waals surface area contributed by atoms with Crippen LogP contribution in [0.5, 0.6) is 11.5 Å². The van der Waals surface area contributed by atoms with Gasteiger partial charge in [0.25, 0.3) is 0 Å². The van der Waals surface area contributed by atoms with Crippen molar-refractivity contribution in [2.45, 2.75) is 23.1 Å². The van der Waals surface area contributed by atoms with Gasteiger partial charge >= 0.3 is 6.09 Å². The van der Waals surface area contributed by atoms with Crippen molar-refractivity contribution in [2.24, 2.45) is 0 Å². The Morgan fingerprint density at radius 1 is 0.943 bits per heavy atom. The van der Waals surface area contributed by atoms with E-state index in [1.54, 1.807) is 0 Å². The molecule has 0 spiro atoms. The van der Waals surface area contributed by atoms with Crippen molar-refractivity contribution in [1.82, 2.24) is 4.72 Å². The number of rotatable bonds is 5. The van der Waals surface area contributed by atoms with Crippen LogP contribution in [0, 0.1) is 0 Å². The number of ether oxygens (including phenoxy) is 2. The maximum absolute atomic E-state index is 13.1. The summed E-state index contributed by atoms with van der Waals surface area (Å²) in [6, 6.07) is 18.7. The van der Waals surface area contributed by atoms with E-state index in [1.807, 2.05) is 53.4 Å². The second kappa shape index (κ2) is 9.19. The Morgan fingerprint density at radius 2 is 1.60 bits per heavy atom. The molecule has 3 atom stereocenters. The van der Waals surface area contributed by atoms with Crippen LogP contribution in [-0.2, 0) is 14.8 Å². The van der Waals surface area contributed by atoms with Gasteiger partial charge in [0.15, 0.2) is 11.5 Å². The molecule has 182 valence electrons. The molecule has 10 nitrogen and oxygen atoms in total. The van der Waals surface area contributed by atoms with Crippen LogP contribution in [-0.4, -0.2) is 56.1 Å². The molecule has 1 saturated heterocycles. The zero-order valence-electron chi connectivity index (χ0n) is 18.4. The number of nitrogens with one attached hydrogen (secondary N) is 2. The van der Waals surface area contributed by atoms with E-state index in [4.69, 9.17) is 14.6 Å². The third-order valence-electron chi connectivity index (χ3n) is 5.90. The van der Waals surface area contributed by atoms with Crippen LogP contribution in [0.15, 0.2) is 77.7 Å². The van der Waals surface area contributed by atoms with Crippen molar-refractivity contribution in [3.05, 3.63) is 72.8 Å². The molecule has 1 fully saturated rings. The van der Waals surface area contributed by atoms with E-state index in [1.165, 1.54) is 24.3 Å². The lowest BCUT2D eigenvalue weighted by Crippen LogP contribution is -2.60. The summed E-state index contributed by atoms with van der Waals surface area (Å²) in [4.78, 5) is 12.7. The number of carbonyl (C=O) groups is 1. The Balaban J connectivity index is 1.43. The van der Waals surface area contributed by atoms with Gasteiger partial charge in [-0.15, -0.1) is 0 Å². The first-order valence-electron chi connectivity index (χ1n) is 10.9. The molecule has 3 unspecified atom stereocenters. The van der Waals surface area contributed by atoms with Crippen LogP contribution >= 0.6 is 0 Å². The van der Waals surface area contributed by atoms with Crippen LogP contribution in [0.4, 0.5) is 21.9 Å². The van der Waals surface area contributed by atoms with Crippen LogP contribution < -0.4 is 19.7 Å². The minimum Gasteiger partial charge on any atom is -0.465 e. The molecule has 3 aromatic carbocycles. The normalized spacial score (nSPS) is 21.4. The standard InChI is InChI=1S/C24H23N3O7S/c28-23-17(26-35(31,32)16-7-5-6-15(12-16)25-24(29)30)13-33-14-20(23)27-18-8-1-3-10-21(18)34-22-11-4-2-9-19(22)27/h1-12,17,20,23,25-26,28H,13-14H2,(H,29,30). The van der Waals surface area contributed by atoms with Crippen LogP contribution in [0.3, 0.4) is 0 Å². The number of aliphatic hydroxyl groups is 1. The minimum atomic E-state index is -4.09. The molecule has 0 bridgehead atoms. The number of hydrogen-bond donors (Lipinski definition) is 4. The molecule has 0 radical (unpaired) electrons. The van der Waals surface area contributed by atoms with Crippen molar-refractivity contribution in [3.8, 4) is 11.5 Å². The second-order valence-corrected chi connectivity index (χ2v) is 9.90. The molecule has 5 rings (SSSR count). The monoisotopic (exact) mass is 497 g/mol. The van der Waals surface area contributed by atoms with Gasteiger partial charge in [-0.2, -0.15) is 0 Å². The summed E-state index contributed by atoms with van der Waals surface area (Å²) in [6.45, 7) is 0.137. The molecule has 2 aliphatic rings. The average molecular weight is 498 g/mol. The molecule has 0 saturated carbocycles. The number of nitrogens with zero attached hydrogens (tertiary/aromatic N) is 1. The van der Waals surface area contributed by atoms with E-state index in [0.29, 0.717) is 11.5 Å². The number of fused-ring (bicyclic) bond motifs is 2. The van der Waals surface area contributed by atoms with Gasteiger partial charge in [0.05, 0.1) is 47.7 Å². The maximum Gasteiger partial charge on any atom is 0.409 e. The van der Waals surface area contributed by atoms with Gasteiger partial charge in [-0.05, 0) is 42.5 Å². The van der Waals surface area contributed by atoms with Gasteiger partial charge in [0.2, 0.25) is 10.0 Å². The molecule has 2 heterocycles. The van der Waals surface area contributed by atoms with Crippen molar-refractivity contribution < 1.29 is 32.9 Å². The molecule has 4 N–H and O–H groups in total. The Hall–Kier alpha value is -3.64. The fourth-order valence-corrected chi connectivity index (χ4v) is 5.62. The number of benzene rings is 3. The largest absolute Gasteiger partial charge is 0.465 e. The predicted molar refractivity (Wildman–Crippen MR) is 128 cm³/mol. The highest BCUT2D eigenvalue weighted by atomic mass is 32.2. The third kappa shape index (κ3) is 4.54. The first-order chi connectivity index (χ1) is 16.8. The molecule has 1 amide bonds. The lowest BCUT2D eigenvalue weighted by molar-refractivity contribution is -0.0244. The van der Waals surface area contributed by atoms with Crippen molar-refractivity contribution in [2.75, 3.05) is 23.4 Å². The van der Waals surface area contributed by atoms with Crippen molar-refractivity contribution in [1.29, 1.82) is 0 Å². The smallest absolute Gasteiger partial charge is 0.409 e. The zero-order chi connectivity index (χ0) is 24.6. The van der Waals surface area contributed by atoms with Gasteiger partial charge in [0, 0.05) is 5.69 Å². The second-order valence-electron chi connectivity index (χ2n) is 8.19. The fraction of sp³-hybridized carbons (Fsp3) is 0.208. The number of hydrogen-bond acceptors (Lipinski definition) is 7. The van der Waals surface area contributed by atoms with Gasteiger partial charge < -0.3 is 24.6 Å². The van der Waals surface area contributed by atoms with Gasteiger partial charge in [-0.25, -0.2) is 17.9 Å². The van der Waals surface area contributed by atoms with Gasteiger partial charge in [-0.1, -0.05) is 30.3 Å². The van der Waals surface area contributed by atoms with E-state index < -0.39 is 34.3 Å². The van der Waals surface area contributed by atoms with E-state index in [-0.39, 0.29) is 23.8 Å². The first-order valence-corrected chi connectivity index (χ1v) is 12.3.